The number of ether oxygens (including phenoxy) is 3. The van der Waals surface area contributed by atoms with Crippen LogP contribution in [0.1, 0.15) is 89.2 Å². The average Bonchev–Trinajstić information content (AvgIpc) is 3.74. The highest BCUT2D eigenvalue weighted by atomic mass is 16.6. The van der Waals surface area contributed by atoms with Gasteiger partial charge in [-0.2, -0.15) is 0 Å². The number of rotatable bonds is 11. The molecule has 352 valence electrons. The van der Waals surface area contributed by atoms with Crippen molar-refractivity contribution in [1.82, 2.24) is 40.4 Å². The van der Waals surface area contributed by atoms with Crippen LogP contribution in [0.3, 0.4) is 0 Å². The third-order valence-electron chi connectivity index (χ3n) is 13.8. The molecule has 4 heterocycles. The van der Waals surface area contributed by atoms with E-state index in [0.29, 0.717) is 36.9 Å². The molecule has 1 unspecified atom stereocenters. The number of piperidine rings is 1. The Morgan fingerprint density at radius 3 is 1.93 bits per heavy atom. The maximum absolute atomic E-state index is 14.6. The second kappa shape index (κ2) is 17.6. The number of fused-ring (bicyclic) bond motifs is 7. The molecule has 68 heavy (non-hydrogen) atoms. The van der Waals surface area contributed by atoms with E-state index in [1.54, 1.807) is 27.9 Å². The van der Waals surface area contributed by atoms with Crippen LogP contribution >= 0.6 is 0 Å². The van der Waals surface area contributed by atoms with E-state index in [2.05, 4.69) is 69.1 Å². The summed E-state index contributed by atoms with van der Waals surface area (Å²) >= 11 is 0. The van der Waals surface area contributed by atoms with Crippen molar-refractivity contribution in [2.75, 3.05) is 27.4 Å². The van der Waals surface area contributed by atoms with Crippen LogP contribution in [0.2, 0.25) is 0 Å². The second-order valence-corrected chi connectivity index (χ2v) is 20.0. The molecular formula is C53H58N8O7. The van der Waals surface area contributed by atoms with Gasteiger partial charge in [0, 0.05) is 36.4 Å². The number of aromatic amines is 2. The lowest BCUT2D eigenvalue weighted by molar-refractivity contribution is -0.137. The first-order chi connectivity index (χ1) is 32.7. The summed E-state index contributed by atoms with van der Waals surface area (Å²) in [6.45, 7) is 10.1. The van der Waals surface area contributed by atoms with Crippen molar-refractivity contribution in [1.29, 1.82) is 0 Å². The first kappa shape index (κ1) is 44.8. The lowest BCUT2D eigenvalue weighted by Crippen LogP contribution is -2.52. The summed E-state index contributed by atoms with van der Waals surface area (Å²) in [6, 6.07) is 28.2. The van der Waals surface area contributed by atoms with Gasteiger partial charge in [-0.1, -0.05) is 80.6 Å². The fourth-order valence-electron chi connectivity index (χ4n) is 10.5. The molecule has 7 aromatic rings. The number of aromatic nitrogens is 4. The number of hydrogen-bond donors (Lipinski definition) is 4. The summed E-state index contributed by atoms with van der Waals surface area (Å²) in [5, 5.41) is 9.76. The van der Waals surface area contributed by atoms with Gasteiger partial charge in [0.15, 0.2) is 0 Å². The number of imidazole rings is 2. The van der Waals surface area contributed by atoms with Gasteiger partial charge in [0.1, 0.15) is 29.3 Å². The van der Waals surface area contributed by atoms with Crippen LogP contribution in [0.5, 0.6) is 0 Å². The largest absolute Gasteiger partial charge is 0.453 e. The summed E-state index contributed by atoms with van der Waals surface area (Å²) in [7, 11) is 2.97. The summed E-state index contributed by atoms with van der Waals surface area (Å²) in [5.74, 6) is 1.45. The summed E-state index contributed by atoms with van der Waals surface area (Å²) in [4.78, 5) is 75.1. The Hall–Kier alpha value is -7.00. The molecule has 0 bridgehead atoms. The maximum Gasteiger partial charge on any atom is 0.408 e. The molecule has 15 nitrogen and oxygen atoms in total. The number of benzene rings is 5. The van der Waals surface area contributed by atoms with Crippen molar-refractivity contribution in [3.05, 3.63) is 108 Å². The third-order valence-corrected chi connectivity index (χ3v) is 13.8. The summed E-state index contributed by atoms with van der Waals surface area (Å²) < 4.78 is 16.0. The fraction of sp³-hybridized carbons (Fsp3) is 0.396. The molecule has 3 fully saturated rings. The van der Waals surface area contributed by atoms with Crippen molar-refractivity contribution < 1.29 is 33.4 Å². The molecule has 3 aliphatic rings. The van der Waals surface area contributed by atoms with E-state index >= 15 is 0 Å². The van der Waals surface area contributed by atoms with Crippen LogP contribution in [0.25, 0.3) is 54.7 Å². The van der Waals surface area contributed by atoms with Crippen molar-refractivity contribution >= 4 is 67.6 Å². The highest BCUT2D eigenvalue weighted by Gasteiger charge is 2.56. The number of likely N-dealkylation sites (tertiary alicyclic amines) is 2. The van der Waals surface area contributed by atoms with Gasteiger partial charge in [0.25, 0.3) is 5.91 Å². The molecule has 4 N–H and O–H groups in total. The number of carbonyl (C=O) groups excluding carboxylic acids is 4. The van der Waals surface area contributed by atoms with E-state index in [4.69, 9.17) is 24.2 Å². The minimum Gasteiger partial charge on any atom is -0.453 e. The van der Waals surface area contributed by atoms with E-state index < -0.39 is 29.9 Å². The van der Waals surface area contributed by atoms with Gasteiger partial charge in [-0.15, -0.1) is 0 Å². The molecule has 2 aromatic heterocycles. The van der Waals surface area contributed by atoms with Gasteiger partial charge in [-0.25, -0.2) is 19.6 Å². The fourth-order valence-corrected chi connectivity index (χ4v) is 10.5. The molecule has 0 radical (unpaired) electrons. The van der Waals surface area contributed by atoms with Gasteiger partial charge in [-0.05, 0) is 104 Å². The Morgan fingerprint density at radius 2 is 1.35 bits per heavy atom. The zero-order chi connectivity index (χ0) is 47.6. The number of H-pyrrole nitrogens is 2. The van der Waals surface area contributed by atoms with Gasteiger partial charge in [-0.3, -0.25) is 9.59 Å². The Kier molecular flexibility index (Phi) is 11.6. The van der Waals surface area contributed by atoms with Crippen molar-refractivity contribution in [3.63, 3.8) is 0 Å². The van der Waals surface area contributed by atoms with E-state index in [-0.39, 0.29) is 41.8 Å². The molecule has 4 amide bonds. The first-order valence-corrected chi connectivity index (χ1v) is 23.5. The monoisotopic (exact) mass is 918 g/mol. The number of nitrogens with one attached hydrogen (secondary N) is 4. The second-order valence-electron chi connectivity index (χ2n) is 20.0. The maximum atomic E-state index is 14.6. The highest BCUT2D eigenvalue weighted by molar-refractivity contribution is 6.07. The molecule has 2 aliphatic heterocycles. The number of methoxy groups -OCH3 is 2. The summed E-state index contributed by atoms with van der Waals surface area (Å²) in [5.41, 5.74) is 5.47. The SMILES string of the molecule is COC[C@H]1C[C@@H](c2nc3ccc4cc(-c5ccc6c(ccc7nc([C@@H]8C[C@H]9C[C@H]9N8C(=O)C(NC(=O)OC)C(C)C)[nH]c76)c5)ccc4c3[nH]2)N(C(=O)[C@H](NC(=O)OC(C)(C)C)c2ccccc2)C1. The van der Waals surface area contributed by atoms with Crippen LogP contribution in [0, 0.1) is 17.8 Å². The number of carbonyl (C=O) groups is 4. The zero-order valence-corrected chi connectivity index (χ0v) is 39.5. The van der Waals surface area contributed by atoms with E-state index in [1.807, 2.05) is 66.1 Å². The molecule has 1 aliphatic carbocycles. The number of alkyl carbamates (subject to hydrolysis) is 2. The molecule has 5 aromatic carbocycles. The van der Waals surface area contributed by atoms with Crippen molar-refractivity contribution in [3.8, 4) is 11.1 Å². The third kappa shape index (κ3) is 8.48. The normalized spacial score (nSPS) is 21.1. The van der Waals surface area contributed by atoms with E-state index in [9.17, 15) is 19.2 Å². The van der Waals surface area contributed by atoms with E-state index in [1.165, 1.54) is 7.11 Å². The number of hydrogen-bond acceptors (Lipinski definition) is 9. The van der Waals surface area contributed by atoms with Crippen LogP contribution in [-0.4, -0.2) is 98.8 Å². The minimum absolute atomic E-state index is 0.0625. The Balaban J connectivity index is 0.920. The van der Waals surface area contributed by atoms with Crippen LogP contribution in [0.15, 0.2) is 91.0 Å². The lowest BCUT2D eigenvalue weighted by atomic mass is 9.98. The van der Waals surface area contributed by atoms with Crippen LogP contribution < -0.4 is 10.6 Å². The molecule has 10 rings (SSSR count). The minimum atomic E-state index is -0.969. The zero-order valence-electron chi connectivity index (χ0n) is 39.5. The smallest absolute Gasteiger partial charge is 0.408 e. The van der Waals surface area contributed by atoms with Crippen molar-refractivity contribution in [2.24, 2.45) is 17.8 Å². The first-order valence-electron chi connectivity index (χ1n) is 23.5. The van der Waals surface area contributed by atoms with Gasteiger partial charge in [0.05, 0.1) is 47.9 Å². The van der Waals surface area contributed by atoms with Gasteiger partial charge in [0.2, 0.25) is 5.91 Å². The average molecular weight is 919 g/mol. The van der Waals surface area contributed by atoms with E-state index in [0.717, 1.165) is 73.4 Å². The molecule has 0 spiro atoms. The quantitative estimate of drug-likeness (QED) is 0.0983. The Bertz CT molecular complexity index is 3080. The van der Waals surface area contributed by atoms with Gasteiger partial charge >= 0.3 is 12.2 Å². The summed E-state index contributed by atoms with van der Waals surface area (Å²) in [6.07, 6.45) is 1.14. The molecule has 15 heteroatoms. The Labute approximate surface area is 394 Å². The van der Waals surface area contributed by atoms with Crippen LogP contribution in [0.4, 0.5) is 9.59 Å². The van der Waals surface area contributed by atoms with Gasteiger partial charge < -0.3 is 44.6 Å². The Morgan fingerprint density at radius 1 is 0.735 bits per heavy atom. The molecule has 2 saturated heterocycles. The standard InChI is InChI=1S/C53H58N8O7/c1-28(2)43(58-51(64)67-7)50(63)61-40-24-35(40)25-42(61)48-55-39-20-16-34-23-32(14-18-37(34)46(39)57-48)31-13-17-36-33(22-31)15-19-38-45(36)56-47(54-38)41-21-29(27-66-6)26-60(41)49(62)44(30-11-9-8-10-12-30)59-52(65)68-53(3,4)5/h8-20,22-23,28-29,35,40-44H,21,24-27H2,1-7H3,(H,54,56)(H,55,57)(H,58,64)(H,59,65)/t29-,35+,40+,41-,42-,43?,44+/m0/s1. The molecule has 7 atom stereocenters. The predicted octanol–water partition coefficient (Wildman–Crippen LogP) is 9.26. The number of nitrogens with zero attached hydrogens (tertiary/aromatic N) is 4. The van der Waals surface area contributed by atoms with Crippen molar-refractivity contribution in [2.45, 2.75) is 89.7 Å². The predicted molar refractivity (Wildman–Crippen MR) is 259 cm³/mol. The molecule has 1 saturated carbocycles. The van der Waals surface area contributed by atoms with Crippen LogP contribution in [-0.2, 0) is 23.8 Å². The number of amides is 4. The topological polar surface area (TPSA) is 184 Å². The lowest BCUT2D eigenvalue weighted by Gasteiger charge is -2.31. The highest BCUT2D eigenvalue weighted by Crippen LogP contribution is 2.53. The molecular weight excluding hydrogens is 861 g/mol.